The molecule has 4 heteroatoms. The zero-order valence-electron chi connectivity index (χ0n) is 7.05. The molecule has 0 aromatic heterocycles. The van der Waals surface area contributed by atoms with Gasteiger partial charge in [-0.3, -0.25) is 0 Å². The summed E-state index contributed by atoms with van der Waals surface area (Å²) in [6.07, 6.45) is 13.0. The fourth-order valence-electron chi connectivity index (χ4n) is 1.66. The summed E-state index contributed by atoms with van der Waals surface area (Å²) in [6.45, 7) is 0. The zero-order valence-corrected chi connectivity index (χ0v) is 8.33. The maximum atomic E-state index is 2.37. The monoisotopic (exact) mass is 228 g/mol. The van der Waals surface area contributed by atoms with Crippen LogP contribution in [0.3, 0.4) is 0 Å². The molecule has 0 aliphatic heterocycles. The quantitative estimate of drug-likeness (QED) is 0.362. The molecule has 2 aliphatic rings. The maximum Gasteiger partial charge on any atom is 4.00 e. The molecule has 74 valence electrons. The summed E-state index contributed by atoms with van der Waals surface area (Å²) in [5.74, 6) is 0.884. The van der Waals surface area contributed by atoms with E-state index in [1.807, 2.05) is 0 Å². The van der Waals surface area contributed by atoms with E-state index in [1.165, 1.54) is 19.3 Å². The molecule has 1 atom stereocenters. The third kappa shape index (κ3) is 3.93. The van der Waals surface area contributed by atoms with E-state index in [4.69, 9.17) is 0 Å². The number of hydrogen-bond donors (Lipinski definition) is 0. The molecular formula is C9H11CrF3. The molecule has 13 heavy (non-hydrogen) atoms. The Morgan fingerprint density at radius 2 is 1.92 bits per heavy atom. The Kier molecular flexibility index (Phi) is 11.8. The van der Waals surface area contributed by atoms with Gasteiger partial charge in [0.1, 0.15) is 0 Å². The molecule has 0 N–H and O–H groups in total. The number of halogens is 3. The minimum Gasteiger partial charge on any atom is -1.00 e. The van der Waals surface area contributed by atoms with E-state index in [9.17, 15) is 0 Å². The van der Waals surface area contributed by atoms with Gasteiger partial charge >= 0.3 is 17.4 Å². The van der Waals surface area contributed by atoms with Crippen molar-refractivity contribution in [1.29, 1.82) is 0 Å². The summed E-state index contributed by atoms with van der Waals surface area (Å²) < 4.78 is 0. The Bertz CT molecular complexity index is 178. The molecule has 0 heterocycles. The van der Waals surface area contributed by atoms with Gasteiger partial charge in [0, 0.05) is 0 Å². The standard InChI is InChI=1S/C9H11.Cr.3FH/c1-2-5-9-7-3-6-8(9)4-1;;;;/h1-2,4,6,9H,3,5,7H2;;3*1H/q-1;+4;;;/p-3. The Hall–Kier alpha value is -0.328. The number of hydrogen-bond acceptors (Lipinski definition) is 0. The molecule has 2 aliphatic carbocycles. The second-order valence-corrected chi connectivity index (χ2v) is 2.81. The summed E-state index contributed by atoms with van der Waals surface area (Å²) in [5.41, 5.74) is 1.58. The first kappa shape index (κ1) is 18.5. The van der Waals surface area contributed by atoms with Crippen molar-refractivity contribution in [3.8, 4) is 0 Å². The second kappa shape index (κ2) is 8.28. The van der Waals surface area contributed by atoms with Crippen LogP contribution in [-0.4, -0.2) is 0 Å². The van der Waals surface area contributed by atoms with Gasteiger partial charge in [-0.15, -0.1) is 18.6 Å². The molecule has 0 bridgehead atoms. The van der Waals surface area contributed by atoms with E-state index in [1.54, 1.807) is 5.57 Å². The van der Waals surface area contributed by atoms with Crippen molar-refractivity contribution >= 4 is 0 Å². The minimum absolute atomic E-state index is 0. The third-order valence-electron chi connectivity index (χ3n) is 2.21. The summed E-state index contributed by atoms with van der Waals surface area (Å²) in [5, 5.41) is 0. The average Bonchev–Trinajstić information content (AvgIpc) is 2.33. The van der Waals surface area contributed by atoms with Crippen LogP contribution in [0.25, 0.3) is 0 Å². The fraction of sp³-hybridized carbons (Fsp3) is 0.444. The third-order valence-corrected chi connectivity index (χ3v) is 2.21. The van der Waals surface area contributed by atoms with Crippen molar-refractivity contribution in [2.45, 2.75) is 19.3 Å². The number of fused-ring (bicyclic) bond motifs is 1. The van der Waals surface area contributed by atoms with Crippen molar-refractivity contribution < 1.29 is 31.5 Å². The van der Waals surface area contributed by atoms with Gasteiger partial charge in [-0.2, -0.15) is 0 Å². The Balaban J connectivity index is -0.000000250. The fourth-order valence-corrected chi connectivity index (χ4v) is 1.66. The van der Waals surface area contributed by atoms with Crippen molar-refractivity contribution in [2.24, 2.45) is 5.92 Å². The van der Waals surface area contributed by atoms with Gasteiger partial charge in [0.15, 0.2) is 0 Å². The predicted molar refractivity (Wildman–Crippen MR) is 38.9 cm³/mol. The van der Waals surface area contributed by atoms with Crippen LogP contribution in [0.4, 0.5) is 0 Å². The molecule has 2 rings (SSSR count). The van der Waals surface area contributed by atoms with Crippen molar-refractivity contribution in [2.75, 3.05) is 0 Å². The molecule has 1 saturated carbocycles. The topological polar surface area (TPSA) is 0 Å². The molecule has 0 radical (unpaired) electrons. The van der Waals surface area contributed by atoms with Crippen LogP contribution in [0.2, 0.25) is 0 Å². The van der Waals surface area contributed by atoms with Crippen LogP contribution in [0.5, 0.6) is 0 Å². The molecular weight excluding hydrogens is 217 g/mol. The number of rotatable bonds is 0. The summed E-state index contributed by atoms with van der Waals surface area (Å²) in [6, 6.07) is 0. The molecule has 0 aromatic carbocycles. The predicted octanol–water partition coefficient (Wildman–Crippen LogP) is -6.50. The first-order chi connectivity index (χ1) is 4.47. The molecule has 0 spiro atoms. The van der Waals surface area contributed by atoms with Crippen LogP contribution in [0, 0.1) is 12.3 Å². The molecule has 0 amide bonds. The van der Waals surface area contributed by atoms with E-state index < -0.39 is 0 Å². The van der Waals surface area contributed by atoms with Crippen LogP contribution < -0.4 is 14.1 Å². The first-order valence-electron chi connectivity index (χ1n) is 3.67. The molecule has 0 saturated heterocycles. The van der Waals surface area contributed by atoms with Gasteiger partial charge in [-0.25, -0.2) is 18.1 Å². The summed E-state index contributed by atoms with van der Waals surface area (Å²) in [7, 11) is 0. The zero-order chi connectivity index (χ0) is 6.10. The van der Waals surface area contributed by atoms with E-state index in [0.717, 1.165) is 5.92 Å². The van der Waals surface area contributed by atoms with E-state index in [2.05, 4.69) is 24.6 Å². The molecule has 0 aromatic rings. The summed E-state index contributed by atoms with van der Waals surface area (Å²) >= 11 is 0. The van der Waals surface area contributed by atoms with Crippen LogP contribution >= 0.6 is 0 Å². The maximum absolute atomic E-state index is 2.37. The van der Waals surface area contributed by atoms with Crippen LogP contribution in [0.15, 0.2) is 23.8 Å². The van der Waals surface area contributed by atoms with Crippen molar-refractivity contribution in [3.63, 3.8) is 0 Å². The minimum atomic E-state index is 0. The van der Waals surface area contributed by atoms with E-state index >= 15 is 0 Å². The van der Waals surface area contributed by atoms with E-state index in [0.29, 0.717) is 0 Å². The normalized spacial score (nSPS) is 21.5. The SMILES string of the molecule is C1=CCC2CC[CH-]C2=C1.[Cr+4].[F-].[F-].[F-]. The Labute approximate surface area is 87.3 Å². The summed E-state index contributed by atoms with van der Waals surface area (Å²) in [4.78, 5) is 0. The van der Waals surface area contributed by atoms with Crippen LogP contribution in [-0.2, 0) is 17.4 Å². The molecule has 0 nitrogen and oxygen atoms in total. The Morgan fingerprint density at radius 1 is 1.23 bits per heavy atom. The van der Waals surface area contributed by atoms with Gasteiger partial charge in [0.25, 0.3) is 0 Å². The molecule has 1 fully saturated rings. The second-order valence-electron chi connectivity index (χ2n) is 2.81. The first-order valence-corrected chi connectivity index (χ1v) is 3.67. The average molecular weight is 228 g/mol. The smallest absolute Gasteiger partial charge is 1.00 e. The van der Waals surface area contributed by atoms with Gasteiger partial charge in [-0.1, -0.05) is 6.42 Å². The van der Waals surface area contributed by atoms with Gasteiger partial charge in [-0.05, 0) is 12.3 Å². The van der Waals surface area contributed by atoms with Gasteiger partial charge in [0.2, 0.25) is 0 Å². The Morgan fingerprint density at radius 3 is 2.54 bits per heavy atom. The van der Waals surface area contributed by atoms with Gasteiger partial charge in [0.05, 0.1) is 0 Å². The number of allylic oxidation sites excluding steroid dienone is 4. The molecule has 1 unspecified atom stereocenters. The van der Waals surface area contributed by atoms with Crippen molar-refractivity contribution in [1.82, 2.24) is 0 Å². The van der Waals surface area contributed by atoms with Gasteiger partial charge < -0.3 is 14.1 Å². The largest absolute Gasteiger partial charge is 4.00 e. The van der Waals surface area contributed by atoms with Crippen molar-refractivity contribution in [3.05, 3.63) is 30.2 Å². The van der Waals surface area contributed by atoms with E-state index in [-0.39, 0.29) is 31.5 Å². The van der Waals surface area contributed by atoms with Crippen LogP contribution in [0.1, 0.15) is 19.3 Å².